The van der Waals surface area contributed by atoms with Gasteiger partial charge in [0.2, 0.25) is 0 Å². The summed E-state index contributed by atoms with van der Waals surface area (Å²) in [5.41, 5.74) is 1.05. The van der Waals surface area contributed by atoms with Gasteiger partial charge in [-0.05, 0) is 43.2 Å². The van der Waals surface area contributed by atoms with Crippen LogP contribution in [0.15, 0.2) is 35.5 Å². The molecule has 8 nitrogen and oxygen atoms in total. The first-order valence-electron chi connectivity index (χ1n) is 10.5. The zero-order chi connectivity index (χ0) is 23.3. The van der Waals surface area contributed by atoms with Crippen molar-refractivity contribution in [2.75, 3.05) is 13.1 Å². The van der Waals surface area contributed by atoms with E-state index in [1.807, 2.05) is 19.9 Å². The monoisotopic (exact) mass is 458 g/mol. The van der Waals surface area contributed by atoms with Crippen molar-refractivity contribution in [1.29, 1.82) is 0 Å². The van der Waals surface area contributed by atoms with Crippen LogP contribution in [0.3, 0.4) is 0 Å². The van der Waals surface area contributed by atoms with Gasteiger partial charge in [0.15, 0.2) is 23.1 Å². The summed E-state index contributed by atoms with van der Waals surface area (Å²) in [5, 5.41) is 4.57. The molecule has 11 heteroatoms. The molecule has 1 aliphatic heterocycles. The minimum atomic E-state index is -1.56. The minimum Gasteiger partial charge on any atom is -0.373 e. The molecule has 33 heavy (non-hydrogen) atoms. The molecule has 0 aliphatic carbocycles. The van der Waals surface area contributed by atoms with E-state index in [1.165, 1.54) is 10.9 Å². The van der Waals surface area contributed by atoms with E-state index in [0.717, 1.165) is 35.3 Å². The number of nitrogens with zero attached hydrogens (tertiary/aromatic N) is 6. The molecule has 1 saturated heterocycles. The molecule has 0 saturated carbocycles. The van der Waals surface area contributed by atoms with Crippen LogP contribution < -0.4 is 5.69 Å². The third-order valence-corrected chi connectivity index (χ3v) is 5.67. The number of aromatic nitrogens is 5. The first-order chi connectivity index (χ1) is 15.8. The number of fused-ring (bicyclic) bond motifs is 3. The van der Waals surface area contributed by atoms with E-state index in [4.69, 9.17) is 4.74 Å². The molecule has 4 heterocycles. The van der Waals surface area contributed by atoms with E-state index in [-0.39, 0.29) is 30.0 Å². The van der Waals surface area contributed by atoms with Crippen LogP contribution in [-0.2, 0) is 17.8 Å². The van der Waals surface area contributed by atoms with Gasteiger partial charge in [-0.1, -0.05) is 0 Å². The van der Waals surface area contributed by atoms with Gasteiger partial charge < -0.3 is 4.74 Å². The predicted octanol–water partition coefficient (Wildman–Crippen LogP) is 2.51. The van der Waals surface area contributed by atoms with Crippen molar-refractivity contribution in [2.24, 2.45) is 0 Å². The number of ether oxygens (including phenoxy) is 1. The molecule has 0 radical (unpaired) electrons. The minimum absolute atomic E-state index is 0.0800. The van der Waals surface area contributed by atoms with E-state index in [9.17, 15) is 18.0 Å². The molecule has 0 N–H and O–H groups in total. The summed E-state index contributed by atoms with van der Waals surface area (Å²) < 4.78 is 49.0. The topological polar surface area (TPSA) is 77.6 Å². The average molecular weight is 458 g/mol. The Hall–Kier alpha value is -3.31. The molecule has 0 spiro atoms. The van der Waals surface area contributed by atoms with E-state index >= 15 is 0 Å². The lowest BCUT2D eigenvalue weighted by Gasteiger charge is -2.35. The largest absolute Gasteiger partial charge is 0.373 e. The maximum Gasteiger partial charge on any atom is 0.352 e. The lowest BCUT2D eigenvalue weighted by atomic mass is 10.1. The van der Waals surface area contributed by atoms with Gasteiger partial charge in [0.05, 0.1) is 24.1 Å². The van der Waals surface area contributed by atoms with Crippen LogP contribution in [0.1, 0.15) is 25.0 Å². The van der Waals surface area contributed by atoms with E-state index in [0.29, 0.717) is 17.6 Å². The number of hydrogen-bond donors (Lipinski definition) is 0. The van der Waals surface area contributed by atoms with Crippen LogP contribution in [0.25, 0.3) is 16.7 Å². The van der Waals surface area contributed by atoms with Crippen molar-refractivity contribution < 1.29 is 17.9 Å². The molecule has 4 aromatic rings. The van der Waals surface area contributed by atoms with Crippen LogP contribution >= 0.6 is 0 Å². The third-order valence-electron chi connectivity index (χ3n) is 5.67. The van der Waals surface area contributed by atoms with Crippen molar-refractivity contribution in [3.8, 4) is 0 Å². The highest BCUT2D eigenvalue weighted by Gasteiger charge is 2.23. The summed E-state index contributed by atoms with van der Waals surface area (Å²) in [6.07, 6.45) is 3.16. The van der Waals surface area contributed by atoms with E-state index in [1.54, 1.807) is 6.20 Å². The standard InChI is InChI=1S/C22H21F3N6O2/c1-12-7-29(8-13(2)33-12)9-15-3-16-20(26-6-15)30(22(32)31-21(16)27-11-28-31)10-14-4-17(23)19(25)18(24)5-14/h3-6,11-13H,7-10H2,1-2H3. The number of morpholine rings is 1. The van der Waals surface area contributed by atoms with Gasteiger partial charge >= 0.3 is 5.69 Å². The predicted molar refractivity (Wildman–Crippen MR) is 113 cm³/mol. The molecule has 172 valence electrons. The van der Waals surface area contributed by atoms with Crippen molar-refractivity contribution in [2.45, 2.75) is 39.1 Å². The smallest absolute Gasteiger partial charge is 0.352 e. The van der Waals surface area contributed by atoms with Crippen LogP contribution in [0.5, 0.6) is 0 Å². The maximum atomic E-state index is 13.7. The molecule has 3 aromatic heterocycles. The van der Waals surface area contributed by atoms with Gasteiger partial charge in [0, 0.05) is 25.8 Å². The second-order valence-electron chi connectivity index (χ2n) is 8.40. The molecular weight excluding hydrogens is 437 g/mol. The lowest BCUT2D eigenvalue weighted by molar-refractivity contribution is -0.0705. The Bertz CT molecular complexity index is 1390. The molecule has 5 rings (SSSR count). The Morgan fingerprint density at radius 2 is 1.67 bits per heavy atom. The Morgan fingerprint density at radius 1 is 0.970 bits per heavy atom. The fourth-order valence-electron chi connectivity index (χ4n) is 4.43. The van der Waals surface area contributed by atoms with Crippen molar-refractivity contribution in [3.63, 3.8) is 0 Å². The average Bonchev–Trinajstić information content (AvgIpc) is 3.25. The van der Waals surface area contributed by atoms with Gasteiger partial charge in [-0.3, -0.25) is 9.47 Å². The summed E-state index contributed by atoms with van der Waals surface area (Å²) in [6, 6.07) is 3.60. The first kappa shape index (κ1) is 21.5. The lowest BCUT2D eigenvalue weighted by Crippen LogP contribution is -2.44. The Balaban J connectivity index is 1.58. The fraction of sp³-hybridized carbons (Fsp3) is 0.364. The molecule has 2 atom stereocenters. The van der Waals surface area contributed by atoms with Crippen molar-refractivity contribution in [1.82, 2.24) is 29.0 Å². The molecule has 0 bridgehead atoms. The highest BCUT2D eigenvalue weighted by atomic mass is 19.2. The second-order valence-corrected chi connectivity index (χ2v) is 8.40. The van der Waals surface area contributed by atoms with Gasteiger partial charge in [0.25, 0.3) is 0 Å². The molecule has 0 amide bonds. The van der Waals surface area contributed by atoms with Gasteiger partial charge in [-0.25, -0.2) is 27.9 Å². The highest BCUT2D eigenvalue weighted by Crippen LogP contribution is 2.21. The summed E-state index contributed by atoms with van der Waals surface area (Å²) in [6.45, 7) is 6.04. The number of hydrogen-bond acceptors (Lipinski definition) is 6. The van der Waals surface area contributed by atoms with Gasteiger partial charge in [-0.2, -0.15) is 9.61 Å². The Kier molecular flexibility index (Phi) is 5.37. The highest BCUT2D eigenvalue weighted by molar-refractivity contribution is 5.89. The number of halogens is 3. The van der Waals surface area contributed by atoms with E-state index in [2.05, 4.69) is 20.0 Å². The molecular formula is C22H21F3N6O2. The third kappa shape index (κ3) is 3.98. The normalized spacial score (nSPS) is 19.5. The maximum absolute atomic E-state index is 13.7. The summed E-state index contributed by atoms with van der Waals surface area (Å²) in [7, 11) is 0. The first-order valence-corrected chi connectivity index (χ1v) is 10.5. The summed E-state index contributed by atoms with van der Waals surface area (Å²) in [5.74, 6) is -4.21. The van der Waals surface area contributed by atoms with Crippen LogP contribution in [0.2, 0.25) is 0 Å². The zero-order valence-electron chi connectivity index (χ0n) is 18.0. The Morgan fingerprint density at radius 3 is 2.36 bits per heavy atom. The number of benzene rings is 1. The molecule has 2 unspecified atom stereocenters. The zero-order valence-corrected chi connectivity index (χ0v) is 18.0. The van der Waals surface area contributed by atoms with Gasteiger partial charge in [-0.15, -0.1) is 0 Å². The van der Waals surface area contributed by atoms with Crippen molar-refractivity contribution >= 4 is 16.7 Å². The molecule has 1 fully saturated rings. The summed E-state index contributed by atoms with van der Waals surface area (Å²) in [4.78, 5) is 24.0. The molecule has 1 aromatic carbocycles. The second kappa shape index (κ2) is 8.23. The number of rotatable bonds is 4. The van der Waals surface area contributed by atoms with Crippen molar-refractivity contribution in [3.05, 3.63) is 69.8 Å². The SMILES string of the molecule is CC1CN(Cc2cnc3c(c2)c2ncnn2c(=O)n3Cc2cc(F)c(F)c(F)c2)CC(C)O1. The number of pyridine rings is 1. The summed E-state index contributed by atoms with van der Waals surface area (Å²) >= 11 is 0. The van der Waals surface area contributed by atoms with E-state index < -0.39 is 23.1 Å². The van der Waals surface area contributed by atoms with Crippen LogP contribution in [0, 0.1) is 17.5 Å². The van der Waals surface area contributed by atoms with Crippen LogP contribution in [-0.4, -0.2) is 54.3 Å². The fourth-order valence-corrected chi connectivity index (χ4v) is 4.43. The van der Waals surface area contributed by atoms with Gasteiger partial charge in [0.1, 0.15) is 12.0 Å². The quantitative estimate of drug-likeness (QED) is 0.438. The van der Waals surface area contributed by atoms with Crippen LogP contribution in [0.4, 0.5) is 13.2 Å². The molecule has 1 aliphatic rings. The Labute approximate surface area is 186 Å².